The summed E-state index contributed by atoms with van der Waals surface area (Å²) in [4.78, 5) is 79.1. The second kappa shape index (κ2) is 56.5. The molecule has 0 aromatic heterocycles. The summed E-state index contributed by atoms with van der Waals surface area (Å²) >= 11 is 1.50. The number of ketones is 1. The SMILES string of the molecule is CCC(C)C(=O)O.CCC(C)C(=O)OCCO.CCCCCCCCCCCCOC(=O)C(=O)C(C)CC.CCCCCCCCCCCCOC(=O)C(C)CSCCC(=O)OCC(O)COC(=O)C(C)CC. The van der Waals surface area contributed by atoms with Crippen molar-refractivity contribution in [3.63, 3.8) is 0 Å². The quantitative estimate of drug-likeness (QED) is 0.0223. The van der Waals surface area contributed by atoms with Gasteiger partial charge in [0.1, 0.15) is 25.9 Å². The van der Waals surface area contributed by atoms with Crippen molar-refractivity contribution in [3.8, 4) is 0 Å². The summed E-state index contributed by atoms with van der Waals surface area (Å²) in [7, 11) is 0. The summed E-state index contributed by atoms with van der Waals surface area (Å²) in [6.45, 7) is 21.4. The molecule has 0 aliphatic carbocycles. The molecule has 0 aromatic carbocycles. The van der Waals surface area contributed by atoms with E-state index in [1.807, 2.05) is 34.6 Å². The minimum Gasteiger partial charge on any atom is -0.481 e. The summed E-state index contributed by atoms with van der Waals surface area (Å²) in [5.74, 6) is -2.74. The fourth-order valence-electron chi connectivity index (χ4n) is 6.03. The van der Waals surface area contributed by atoms with Gasteiger partial charge in [0.25, 0.3) is 0 Å². The van der Waals surface area contributed by atoms with Crippen molar-refractivity contribution >= 4 is 53.4 Å². The average molecular weight is 1070 g/mol. The van der Waals surface area contributed by atoms with Crippen LogP contribution in [0.25, 0.3) is 0 Å². The first-order valence-electron chi connectivity index (χ1n) is 28.3. The van der Waals surface area contributed by atoms with Gasteiger partial charge in [-0.25, -0.2) is 4.79 Å². The summed E-state index contributed by atoms with van der Waals surface area (Å²) in [6.07, 6.45) is 26.9. The lowest BCUT2D eigenvalue weighted by atomic mass is 10.0. The van der Waals surface area contributed by atoms with E-state index in [2.05, 4.69) is 18.6 Å². The van der Waals surface area contributed by atoms with Gasteiger partial charge in [-0.15, -0.1) is 0 Å². The first-order chi connectivity index (χ1) is 34.8. The zero-order valence-corrected chi connectivity index (χ0v) is 48.8. The molecule has 0 heterocycles. The summed E-state index contributed by atoms with van der Waals surface area (Å²) in [5, 5.41) is 26.2. The maximum atomic E-state index is 12.1. The van der Waals surface area contributed by atoms with E-state index in [1.54, 1.807) is 27.7 Å². The standard InChI is InChI=1S/C27H50O7S.C18H34O3.C7H14O3.C5H10O2/c1-5-7-8-9-10-11-12-13-14-15-17-32-27(31)23(4)21-35-18-16-25(29)33-19-24(28)20-34-26(30)22(3)6-2;1-4-6-7-8-9-10-11-12-13-14-15-21-18(20)17(19)16(3)5-2;1-3-6(2)7(9)10-5-4-8;1-3-4(2)5(6)7/h22-24,28H,5-21H2,1-4H3;16H,4-15H2,1-3H3;6,8H,3-5H2,1-2H3;4H,3H2,1-2H3,(H,6,7). The smallest absolute Gasteiger partial charge is 0.374 e. The number of esters is 5. The van der Waals surface area contributed by atoms with Crippen molar-refractivity contribution in [2.75, 3.05) is 51.1 Å². The number of rotatable bonds is 43. The number of carboxylic acids is 1. The van der Waals surface area contributed by atoms with Gasteiger partial charge in [0.2, 0.25) is 5.78 Å². The Bertz CT molecular complexity index is 1350. The van der Waals surface area contributed by atoms with Crippen molar-refractivity contribution in [2.45, 2.75) is 243 Å². The van der Waals surface area contributed by atoms with Gasteiger partial charge in [0, 0.05) is 17.4 Å². The predicted octanol–water partition coefficient (Wildman–Crippen LogP) is 12.5. The number of aliphatic hydroxyl groups excluding tert-OH is 2. The number of hydrogen-bond donors (Lipinski definition) is 3. The Kier molecular flexibility index (Phi) is 59.0. The van der Waals surface area contributed by atoms with Crippen molar-refractivity contribution in [1.82, 2.24) is 0 Å². The van der Waals surface area contributed by atoms with Crippen molar-refractivity contribution in [3.05, 3.63) is 0 Å². The zero-order chi connectivity index (χ0) is 56.1. The van der Waals surface area contributed by atoms with Crippen LogP contribution < -0.4 is 0 Å². The summed E-state index contributed by atoms with van der Waals surface area (Å²) < 4.78 is 25.0. The monoisotopic (exact) mass is 1060 g/mol. The second-order valence-corrected chi connectivity index (χ2v) is 20.3. The molecule has 0 saturated heterocycles. The van der Waals surface area contributed by atoms with Crippen LogP contribution >= 0.6 is 11.8 Å². The second-order valence-electron chi connectivity index (χ2n) is 19.2. The fraction of sp³-hybridized carbons (Fsp3) is 0.877. The molecule has 432 valence electrons. The van der Waals surface area contributed by atoms with Crippen molar-refractivity contribution < 1.29 is 72.6 Å². The average Bonchev–Trinajstić information content (AvgIpc) is 3.39. The highest BCUT2D eigenvalue weighted by Gasteiger charge is 2.21. The zero-order valence-electron chi connectivity index (χ0n) is 47.9. The Morgan fingerprint density at radius 3 is 1.21 bits per heavy atom. The molecular weight excluding hydrogens is 957 g/mol. The summed E-state index contributed by atoms with van der Waals surface area (Å²) in [5.41, 5.74) is 0. The van der Waals surface area contributed by atoms with E-state index in [9.17, 15) is 38.7 Å². The third kappa shape index (κ3) is 53.4. The van der Waals surface area contributed by atoms with Crippen LogP contribution in [0.4, 0.5) is 0 Å². The molecule has 3 N–H and O–H groups in total. The van der Waals surface area contributed by atoms with Crippen LogP contribution in [0.5, 0.6) is 0 Å². The highest BCUT2D eigenvalue weighted by Crippen LogP contribution is 2.15. The lowest BCUT2D eigenvalue weighted by Gasteiger charge is -2.14. The van der Waals surface area contributed by atoms with Crippen LogP contribution in [0.2, 0.25) is 0 Å². The molecule has 0 fully saturated rings. The molecule has 0 bridgehead atoms. The highest BCUT2D eigenvalue weighted by atomic mass is 32.2. The molecule has 15 nitrogen and oxygen atoms in total. The van der Waals surface area contributed by atoms with Gasteiger partial charge in [0.05, 0.1) is 49.9 Å². The van der Waals surface area contributed by atoms with E-state index in [1.165, 1.54) is 114 Å². The Morgan fingerprint density at radius 1 is 0.438 bits per heavy atom. The van der Waals surface area contributed by atoms with Gasteiger partial charge in [-0.2, -0.15) is 11.8 Å². The molecule has 6 unspecified atom stereocenters. The first-order valence-corrected chi connectivity index (χ1v) is 29.5. The van der Waals surface area contributed by atoms with E-state index in [0.717, 1.165) is 38.5 Å². The van der Waals surface area contributed by atoms with Crippen LogP contribution in [0.15, 0.2) is 0 Å². The Hall–Kier alpha value is -3.24. The molecule has 6 atom stereocenters. The van der Waals surface area contributed by atoms with Crippen LogP contribution in [0, 0.1) is 29.6 Å². The van der Waals surface area contributed by atoms with E-state index in [4.69, 9.17) is 29.2 Å². The number of thioether (sulfide) groups is 1. The Labute approximate surface area is 447 Å². The minimum atomic E-state index is -1.04. The highest BCUT2D eigenvalue weighted by molar-refractivity contribution is 7.99. The maximum Gasteiger partial charge on any atom is 0.374 e. The predicted molar refractivity (Wildman–Crippen MR) is 293 cm³/mol. The van der Waals surface area contributed by atoms with Gasteiger partial charge in [-0.3, -0.25) is 28.8 Å². The van der Waals surface area contributed by atoms with Crippen LogP contribution in [0.1, 0.15) is 237 Å². The van der Waals surface area contributed by atoms with Crippen molar-refractivity contribution in [2.24, 2.45) is 29.6 Å². The van der Waals surface area contributed by atoms with Crippen LogP contribution in [-0.4, -0.2) is 114 Å². The summed E-state index contributed by atoms with van der Waals surface area (Å²) in [6, 6.07) is 0. The Balaban J connectivity index is -0.000000522. The van der Waals surface area contributed by atoms with Crippen LogP contribution in [-0.2, 0) is 57.2 Å². The molecule has 0 aromatic rings. The van der Waals surface area contributed by atoms with Gasteiger partial charge < -0.3 is 39.0 Å². The molecule has 0 amide bonds. The molecular formula is C57H108O15S. The molecule has 0 rings (SSSR count). The minimum absolute atomic E-state index is 0.0495. The number of aliphatic hydroxyl groups is 2. The Morgan fingerprint density at radius 2 is 0.808 bits per heavy atom. The molecule has 0 saturated carbocycles. The molecule has 0 aliphatic heterocycles. The van der Waals surface area contributed by atoms with Crippen molar-refractivity contribution in [1.29, 1.82) is 0 Å². The number of ether oxygens (including phenoxy) is 5. The molecule has 73 heavy (non-hydrogen) atoms. The number of carbonyl (C=O) groups excluding carboxylic acids is 6. The third-order valence-corrected chi connectivity index (χ3v) is 13.4. The molecule has 16 heteroatoms. The van der Waals surface area contributed by atoms with Gasteiger partial charge in [-0.1, -0.05) is 192 Å². The maximum absolute atomic E-state index is 12.1. The molecule has 0 spiro atoms. The topological polar surface area (TPSA) is 226 Å². The van der Waals surface area contributed by atoms with E-state index < -0.39 is 24.0 Å². The number of carbonyl (C=O) groups is 7. The normalized spacial score (nSPS) is 13.1. The first kappa shape index (κ1) is 76.3. The third-order valence-electron chi connectivity index (χ3n) is 12.2. The van der Waals surface area contributed by atoms with E-state index in [0.29, 0.717) is 37.6 Å². The number of carboxylic acid groups (broad SMARTS) is 1. The number of aliphatic carboxylic acids is 1. The largest absolute Gasteiger partial charge is 0.481 e. The van der Waals surface area contributed by atoms with E-state index in [-0.39, 0.29) is 86.1 Å². The molecule has 0 aliphatic rings. The number of hydrogen-bond acceptors (Lipinski definition) is 15. The fourth-order valence-corrected chi connectivity index (χ4v) is 6.99. The van der Waals surface area contributed by atoms with Gasteiger partial charge in [0.15, 0.2) is 0 Å². The van der Waals surface area contributed by atoms with Crippen LogP contribution in [0.3, 0.4) is 0 Å². The molecule has 0 radical (unpaired) electrons. The lowest BCUT2D eigenvalue weighted by Crippen LogP contribution is -2.27. The number of Topliss-reactive ketones (excluding diaryl/α,β-unsaturated/α-hetero) is 1. The lowest BCUT2D eigenvalue weighted by molar-refractivity contribution is -0.155. The van der Waals surface area contributed by atoms with Gasteiger partial charge in [-0.05, 0) is 38.5 Å². The number of unbranched alkanes of at least 4 members (excludes halogenated alkanes) is 18. The van der Waals surface area contributed by atoms with Gasteiger partial charge >= 0.3 is 35.8 Å². The van der Waals surface area contributed by atoms with E-state index >= 15 is 0 Å².